The molecule has 97 heavy (non-hydrogen) atoms. The summed E-state index contributed by atoms with van der Waals surface area (Å²) < 4.78 is 0. The van der Waals surface area contributed by atoms with E-state index in [1.807, 2.05) is 24.3 Å². The van der Waals surface area contributed by atoms with Gasteiger partial charge in [0, 0.05) is 61.2 Å². The van der Waals surface area contributed by atoms with Crippen molar-refractivity contribution in [2.45, 2.75) is 96.3 Å². The van der Waals surface area contributed by atoms with Gasteiger partial charge in [0.25, 0.3) is 0 Å². The van der Waals surface area contributed by atoms with Gasteiger partial charge in [-0.3, -0.25) is 0 Å². The Morgan fingerprint density at radius 3 is 0.804 bits per heavy atom. The molecule has 5 aliphatic rings. The molecule has 17 rings (SSSR count). The summed E-state index contributed by atoms with van der Waals surface area (Å²) >= 11 is 0. The largest absolute Gasteiger partial charge is 0.311 e. The Morgan fingerprint density at radius 1 is 0.278 bits per heavy atom. The molecule has 0 atom stereocenters. The molecule has 0 saturated heterocycles. The number of nitrogens with zero attached hydrogens (tertiary/aromatic N) is 4. The van der Waals surface area contributed by atoms with E-state index in [2.05, 4.69) is 333 Å². The van der Waals surface area contributed by atoms with E-state index in [0.29, 0.717) is 11.3 Å². The first kappa shape index (κ1) is 59.4. The van der Waals surface area contributed by atoms with Crippen molar-refractivity contribution in [3.05, 3.63) is 338 Å². The summed E-state index contributed by atoms with van der Waals surface area (Å²) in [7, 11) is 0. The molecule has 4 nitrogen and oxygen atoms in total. The Labute approximate surface area is 571 Å². The molecule has 0 aromatic heterocycles. The van der Waals surface area contributed by atoms with Gasteiger partial charge < -0.3 is 9.80 Å². The topological polar surface area (TPSA) is 34.6 Å². The van der Waals surface area contributed by atoms with Crippen LogP contribution in [0.3, 0.4) is 0 Å². The molecule has 4 heteroatoms. The van der Waals surface area contributed by atoms with Gasteiger partial charge >= 0.3 is 0 Å². The summed E-state index contributed by atoms with van der Waals surface area (Å²) in [4.78, 5) is 8.45. The van der Waals surface area contributed by atoms with E-state index in [4.69, 9.17) is 6.57 Å². The van der Waals surface area contributed by atoms with Crippen LogP contribution in [0.4, 0.5) is 39.8 Å². The van der Waals surface area contributed by atoms with E-state index < -0.39 is 0 Å². The molecule has 0 radical (unpaired) electrons. The molecule has 0 fully saturated rings. The maximum atomic E-state index is 9.78. The number of benzene rings is 12. The van der Waals surface area contributed by atoms with Gasteiger partial charge in [0.2, 0.25) is 0 Å². The lowest BCUT2D eigenvalue weighted by Crippen LogP contribution is -2.18. The molecule has 0 saturated carbocycles. The van der Waals surface area contributed by atoms with Crippen molar-refractivity contribution in [3.63, 3.8) is 0 Å². The molecule has 466 valence electrons. The second kappa shape index (κ2) is 21.4. The predicted octanol–water partition coefficient (Wildman–Crippen LogP) is 24.9. The summed E-state index contributed by atoms with van der Waals surface area (Å²) in [5, 5.41) is 9.78. The lowest BCUT2D eigenvalue weighted by Gasteiger charge is -2.29. The van der Waals surface area contributed by atoms with E-state index in [0.717, 1.165) is 34.1 Å². The van der Waals surface area contributed by atoms with E-state index in [1.54, 1.807) is 0 Å². The minimum Gasteiger partial charge on any atom is -0.311 e. The van der Waals surface area contributed by atoms with Gasteiger partial charge in [0.05, 0.1) is 18.2 Å². The maximum absolute atomic E-state index is 9.78. The van der Waals surface area contributed by atoms with Crippen LogP contribution in [0.5, 0.6) is 0 Å². The minimum atomic E-state index is -0.257. The number of hydrogen-bond donors (Lipinski definition) is 0. The Morgan fingerprint density at radius 2 is 0.515 bits per heavy atom. The van der Waals surface area contributed by atoms with Crippen LogP contribution in [0.1, 0.15) is 153 Å². The number of anilines is 6. The standard InChI is InChI=1S/C93H74N4/c1-89(2)79-18-14-12-16-69(79)75-44-36-65(52-85(75)89)96(63-32-24-61(56-94)25-33-63)67-38-46-77-73-42-28-59(50-83(73)92(7,8)87(77)54-67)22-20-57-26-40-71-72-41-27-58(49-82(72)91(5,6)81(71)48-57)21-23-60-29-43-74-78-47-39-68(55-88(78)93(9,10)84(74)51-60)97(64-34-30-62(95-11)31-35-64)66-37-45-76-70-17-13-15-19-80(70)90(3,4)86(76)53-66/h12-55H,1-10H3. The van der Waals surface area contributed by atoms with Crippen molar-refractivity contribution in [2.24, 2.45) is 0 Å². The van der Waals surface area contributed by atoms with Crippen molar-refractivity contribution in [1.82, 2.24) is 0 Å². The lowest BCUT2D eigenvalue weighted by atomic mass is 9.81. The molecule has 0 N–H and O–H groups in total. The van der Waals surface area contributed by atoms with E-state index >= 15 is 0 Å². The van der Waals surface area contributed by atoms with Crippen molar-refractivity contribution in [1.29, 1.82) is 5.26 Å². The van der Waals surface area contributed by atoms with Gasteiger partial charge in [-0.15, -0.1) is 0 Å². The number of fused-ring (bicyclic) bond motifs is 15. The smallest absolute Gasteiger partial charge is 0.187 e. The zero-order chi connectivity index (χ0) is 66.7. The first-order valence-electron chi connectivity index (χ1n) is 34.0. The number of nitriles is 1. The molecule has 0 unspecified atom stereocenters. The molecule has 0 bridgehead atoms. The van der Waals surface area contributed by atoms with Gasteiger partial charge in [-0.1, -0.05) is 251 Å². The average Bonchev–Trinajstić information content (AvgIpc) is 1.62. The second-order valence-electron chi connectivity index (χ2n) is 30.0. The molecule has 0 spiro atoms. The van der Waals surface area contributed by atoms with Crippen LogP contribution in [0, 0.1) is 17.9 Å². The maximum Gasteiger partial charge on any atom is 0.187 e. The van der Waals surface area contributed by atoms with Crippen molar-refractivity contribution >= 4 is 64.1 Å². The molecule has 12 aromatic carbocycles. The van der Waals surface area contributed by atoms with Crippen LogP contribution in [0.25, 0.3) is 84.8 Å². The number of rotatable bonds is 10. The fraction of sp³-hybridized carbons (Fsp3) is 0.161. The third-order valence-corrected chi connectivity index (χ3v) is 22.7. The molecule has 12 aromatic rings. The summed E-state index contributed by atoms with van der Waals surface area (Å²) in [6.45, 7) is 31.3. The zero-order valence-corrected chi connectivity index (χ0v) is 56.7. The Bertz CT molecular complexity index is 5170. The van der Waals surface area contributed by atoms with Crippen molar-refractivity contribution in [3.8, 4) is 61.7 Å². The highest BCUT2D eigenvalue weighted by atomic mass is 15.1. The van der Waals surface area contributed by atoms with Gasteiger partial charge in [-0.25, -0.2) is 4.85 Å². The van der Waals surface area contributed by atoms with Gasteiger partial charge in [0.1, 0.15) is 0 Å². The normalized spacial score (nSPS) is 15.6. The molecule has 0 aliphatic heterocycles. The molecule has 5 aliphatic carbocycles. The Balaban J connectivity index is 0.613. The Kier molecular flexibility index (Phi) is 13.1. The molecular formula is C93H74N4. The highest BCUT2D eigenvalue weighted by molar-refractivity contribution is 5.93. The monoisotopic (exact) mass is 1250 g/mol. The molecular weight excluding hydrogens is 1170 g/mol. The van der Waals surface area contributed by atoms with Gasteiger partial charge in [0.15, 0.2) is 5.69 Å². The van der Waals surface area contributed by atoms with Crippen LogP contribution < -0.4 is 9.80 Å². The fourth-order valence-corrected chi connectivity index (χ4v) is 17.3. The summed E-state index contributed by atoms with van der Waals surface area (Å²) in [5.74, 6) is 0. The van der Waals surface area contributed by atoms with Crippen LogP contribution >= 0.6 is 0 Å². The van der Waals surface area contributed by atoms with E-state index in [1.165, 1.54) is 134 Å². The summed E-state index contributed by atoms with van der Waals surface area (Å²) in [5.41, 5.74) is 37.6. The SMILES string of the molecule is [C-]#[N+]c1ccc(N(c2ccc3c(c2)C(C)(C)c2ccccc2-3)c2ccc3c(c2)C(C)(C)c2cc(C=Cc4ccc5c(c4)C(C)(C)c4cc(C=Cc6ccc7c(c6)C(C)(C)c6cc(N(c8ccc(C#N)cc8)c8ccc9c(c8)C(C)(C)c8ccccc8-9)ccc6-7)ccc4-5)ccc2-3)cc1. The van der Waals surface area contributed by atoms with Crippen LogP contribution in [0.2, 0.25) is 0 Å². The quantitative estimate of drug-likeness (QED) is 0.101. The van der Waals surface area contributed by atoms with Gasteiger partial charge in [-0.05, 0) is 218 Å². The van der Waals surface area contributed by atoms with Crippen LogP contribution in [-0.4, -0.2) is 0 Å². The summed E-state index contributed by atoms with van der Waals surface area (Å²) in [6.07, 6.45) is 9.13. The zero-order valence-electron chi connectivity index (χ0n) is 56.7. The first-order chi connectivity index (χ1) is 46.7. The van der Waals surface area contributed by atoms with Crippen LogP contribution in [0.15, 0.2) is 243 Å². The fourth-order valence-electron chi connectivity index (χ4n) is 17.3. The predicted molar refractivity (Wildman–Crippen MR) is 405 cm³/mol. The summed E-state index contributed by atoms with van der Waals surface area (Å²) in [6, 6.07) is 91.8. The first-order valence-corrected chi connectivity index (χ1v) is 34.0. The van der Waals surface area contributed by atoms with Gasteiger partial charge in [-0.2, -0.15) is 5.26 Å². The number of hydrogen-bond acceptors (Lipinski definition) is 3. The Hall–Kier alpha value is -11.3. The van der Waals surface area contributed by atoms with E-state index in [9.17, 15) is 5.26 Å². The minimum absolute atomic E-state index is 0.142. The van der Waals surface area contributed by atoms with Crippen molar-refractivity contribution in [2.75, 3.05) is 9.80 Å². The van der Waals surface area contributed by atoms with Crippen LogP contribution in [-0.2, 0) is 27.1 Å². The lowest BCUT2D eigenvalue weighted by molar-refractivity contribution is 0.659. The highest BCUT2D eigenvalue weighted by Gasteiger charge is 2.41. The third-order valence-electron chi connectivity index (χ3n) is 22.7. The highest BCUT2D eigenvalue weighted by Crippen LogP contribution is 2.57. The molecule has 0 heterocycles. The van der Waals surface area contributed by atoms with Crippen molar-refractivity contribution < 1.29 is 0 Å². The molecule has 0 amide bonds. The second-order valence-corrected chi connectivity index (χ2v) is 30.0. The van der Waals surface area contributed by atoms with E-state index in [-0.39, 0.29) is 27.1 Å². The third kappa shape index (κ3) is 9.07. The average molecular weight is 1250 g/mol.